The molecular weight excluding hydrogens is 254 g/mol. The summed E-state index contributed by atoms with van der Waals surface area (Å²) in [7, 11) is 0. The van der Waals surface area contributed by atoms with E-state index < -0.39 is 11.1 Å². The lowest BCUT2D eigenvalue weighted by Gasteiger charge is -2.07. The largest absolute Gasteiger partial charge is 0.506 e. The molecule has 0 radical (unpaired) electrons. The highest BCUT2D eigenvalue weighted by molar-refractivity contribution is 7.79. The molecule has 0 aliphatic rings. The van der Waals surface area contributed by atoms with Crippen LogP contribution in [0.2, 0.25) is 0 Å². The number of hydrogen-bond acceptors (Lipinski definition) is 4. The second kappa shape index (κ2) is 5.07. The number of anilines is 1. The van der Waals surface area contributed by atoms with Crippen LogP contribution in [0.15, 0.2) is 47.4 Å². The third kappa shape index (κ3) is 2.79. The third-order valence-electron chi connectivity index (χ3n) is 2.26. The number of nitrogens with two attached hydrogens (primary N) is 1. The van der Waals surface area contributed by atoms with Crippen molar-refractivity contribution in [1.29, 1.82) is 0 Å². The lowest BCUT2D eigenvalue weighted by atomic mass is 10.3. The topological polar surface area (TPSA) is 92.8 Å². The molecule has 0 spiro atoms. The van der Waals surface area contributed by atoms with Crippen LogP contribution < -0.4 is 10.5 Å². The Hall–Kier alpha value is -2.05. The van der Waals surface area contributed by atoms with E-state index in [1.807, 2.05) is 0 Å². The van der Waals surface area contributed by atoms with Crippen molar-refractivity contribution in [1.82, 2.24) is 0 Å². The summed E-state index contributed by atoms with van der Waals surface area (Å²) >= 11 is -2.00. The molecule has 94 valence electrons. The van der Waals surface area contributed by atoms with Gasteiger partial charge in [0.1, 0.15) is 17.2 Å². The molecule has 0 aromatic heterocycles. The number of phenols is 1. The summed E-state index contributed by atoms with van der Waals surface area (Å²) < 4.78 is 25.1. The first-order chi connectivity index (χ1) is 8.56. The molecule has 0 saturated carbocycles. The van der Waals surface area contributed by atoms with Crippen LogP contribution in [0.1, 0.15) is 0 Å². The van der Waals surface area contributed by atoms with E-state index in [1.165, 1.54) is 24.3 Å². The van der Waals surface area contributed by atoms with Crippen LogP contribution in [0.25, 0.3) is 0 Å². The molecule has 4 N–H and O–H groups in total. The van der Waals surface area contributed by atoms with Crippen molar-refractivity contribution in [3.63, 3.8) is 0 Å². The number of benzene rings is 2. The fourth-order valence-electron chi connectivity index (χ4n) is 1.36. The molecule has 0 amide bonds. The van der Waals surface area contributed by atoms with E-state index in [2.05, 4.69) is 0 Å². The third-order valence-corrected chi connectivity index (χ3v) is 2.94. The maximum Gasteiger partial charge on any atom is 0.186 e. The zero-order chi connectivity index (χ0) is 13.1. The van der Waals surface area contributed by atoms with E-state index in [4.69, 9.17) is 15.0 Å². The highest BCUT2D eigenvalue weighted by atomic mass is 32.2. The quantitative estimate of drug-likeness (QED) is 0.450. The molecule has 0 saturated heterocycles. The van der Waals surface area contributed by atoms with Crippen molar-refractivity contribution in [2.24, 2.45) is 0 Å². The van der Waals surface area contributed by atoms with Crippen LogP contribution in [-0.4, -0.2) is 13.9 Å². The van der Waals surface area contributed by atoms with Crippen molar-refractivity contribution in [3.8, 4) is 17.2 Å². The van der Waals surface area contributed by atoms with Crippen LogP contribution >= 0.6 is 0 Å². The molecule has 18 heavy (non-hydrogen) atoms. The van der Waals surface area contributed by atoms with Gasteiger partial charge in [0.2, 0.25) is 0 Å². The number of aromatic hydroxyl groups is 1. The van der Waals surface area contributed by atoms with Gasteiger partial charge < -0.3 is 20.1 Å². The summed E-state index contributed by atoms with van der Waals surface area (Å²) in [5.41, 5.74) is 5.76. The molecule has 0 aliphatic carbocycles. The van der Waals surface area contributed by atoms with Crippen LogP contribution in [0.5, 0.6) is 17.2 Å². The molecule has 1 unspecified atom stereocenters. The van der Waals surface area contributed by atoms with Crippen molar-refractivity contribution < 1.29 is 18.6 Å². The second-order valence-corrected chi connectivity index (χ2v) is 4.51. The lowest BCUT2D eigenvalue weighted by molar-refractivity contribution is 0.466. The molecule has 6 heteroatoms. The molecule has 0 fully saturated rings. The van der Waals surface area contributed by atoms with Gasteiger partial charge in [-0.15, -0.1) is 0 Å². The maximum atomic E-state index is 10.8. The Morgan fingerprint density at radius 1 is 1.06 bits per heavy atom. The number of hydrogen-bond donors (Lipinski definition) is 3. The van der Waals surface area contributed by atoms with Crippen LogP contribution in [-0.2, 0) is 11.1 Å². The summed E-state index contributed by atoms with van der Waals surface area (Å²) in [5.74, 6) is 0.978. The van der Waals surface area contributed by atoms with E-state index in [1.54, 1.807) is 18.2 Å². The summed E-state index contributed by atoms with van der Waals surface area (Å²) in [4.78, 5) is 0.299. The number of rotatable bonds is 3. The summed E-state index contributed by atoms with van der Waals surface area (Å²) in [6.45, 7) is 0. The maximum absolute atomic E-state index is 10.8. The first kappa shape index (κ1) is 12.4. The number of ether oxygens (including phenoxy) is 1. The monoisotopic (exact) mass is 265 g/mol. The van der Waals surface area contributed by atoms with E-state index in [-0.39, 0.29) is 11.4 Å². The Morgan fingerprint density at radius 3 is 2.22 bits per heavy atom. The van der Waals surface area contributed by atoms with Gasteiger partial charge in [-0.25, -0.2) is 4.21 Å². The fourth-order valence-corrected chi connectivity index (χ4v) is 1.73. The SMILES string of the molecule is Nc1cc(Oc2ccc(S(=O)O)cc2)ccc1O. The first-order valence-electron chi connectivity index (χ1n) is 5.03. The summed E-state index contributed by atoms with van der Waals surface area (Å²) in [6.07, 6.45) is 0. The standard InChI is InChI=1S/C12H11NO4S/c13-11-7-9(3-6-12(11)14)17-8-1-4-10(5-2-8)18(15)16/h1-7,14H,13H2,(H,15,16). The minimum absolute atomic E-state index is 0.00613. The van der Waals surface area contributed by atoms with Gasteiger partial charge in [-0.3, -0.25) is 0 Å². The van der Waals surface area contributed by atoms with Gasteiger partial charge in [0, 0.05) is 6.07 Å². The van der Waals surface area contributed by atoms with Gasteiger partial charge in [0.25, 0.3) is 0 Å². The average Bonchev–Trinajstić information content (AvgIpc) is 2.34. The average molecular weight is 265 g/mol. The van der Waals surface area contributed by atoms with Crippen LogP contribution in [0, 0.1) is 0 Å². The zero-order valence-corrected chi connectivity index (χ0v) is 10.1. The molecule has 1 atom stereocenters. The Kier molecular flexibility index (Phi) is 3.50. The molecule has 2 rings (SSSR count). The van der Waals surface area contributed by atoms with Gasteiger partial charge in [-0.05, 0) is 36.4 Å². The predicted octanol–water partition coefficient (Wildman–Crippen LogP) is 2.35. The zero-order valence-electron chi connectivity index (χ0n) is 9.24. The van der Waals surface area contributed by atoms with Gasteiger partial charge >= 0.3 is 0 Å². The first-order valence-corrected chi connectivity index (χ1v) is 6.14. The van der Waals surface area contributed by atoms with Crippen molar-refractivity contribution in [2.75, 3.05) is 5.73 Å². The van der Waals surface area contributed by atoms with E-state index >= 15 is 0 Å². The Labute approximate surface area is 106 Å². The molecule has 0 aliphatic heterocycles. The highest BCUT2D eigenvalue weighted by Gasteiger charge is 2.03. The van der Waals surface area contributed by atoms with Crippen LogP contribution in [0.3, 0.4) is 0 Å². The normalized spacial score (nSPS) is 12.1. The van der Waals surface area contributed by atoms with Crippen LogP contribution in [0.4, 0.5) is 5.69 Å². The van der Waals surface area contributed by atoms with Crippen molar-refractivity contribution >= 4 is 16.8 Å². The Balaban J connectivity index is 2.18. The number of phenolic OH excluding ortho intramolecular Hbond substituents is 1. The fraction of sp³-hybridized carbons (Fsp3) is 0. The van der Waals surface area contributed by atoms with Crippen molar-refractivity contribution in [3.05, 3.63) is 42.5 Å². The molecule has 2 aromatic rings. The highest BCUT2D eigenvalue weighted by Crippen LogP contribution is 2.28. The minimum atomic E-state index is -2.00. The lowest BCUT2D eigenvalue weighted by Crippen LogP contribution is -1.90. The van der Waals surface area contributed by atoms with Gasteiger partial charge in [0.15, 0.2) is 11.1 Å². The van der Waals surface area contributed by atoms with Gasteiger partial charge in [-0.2, -0.15) is 0 Å². The molecule has 2 aromatic carbocycles. The number of nitrogen functional groups attached to an aromatic ring is 1. The molecule has 5 nitrogen and oxygen atoms in total. The summed E-state index contributed by atoms with van der Waals surface area (Å²) in [6, 6.07) is 10.6. The van der Waals surface area contributed by atoms with Gasteiger partial charge in [0.05, 0.1) is 10.6 Å². The molecular formula is C12H11NO4S. The minimum Gasteiger partial charge on any atom is -0.506 e. The van der Waals surface area contributed by atoms with Crippen molar-refractivity contribution in [2.45, 2.75) is 4.90 Å². The molecule has 0 heterocycles. The predicted molar refractivity (Wildman–Crippen MR) is 68.1 cm³/mol. The van der Waals surface area contributed by atoms with Gasteiger partial charge in [-0.1, -0.05) is 0 Å². The Morgan fingerprint density at radius 2 is 1.67 bits per heavy atom. The summed E-state index contributed by atoms with van der Waals surface area (Å²) in [5, 5.41) is 9.27. The van der Waals surface area contributed by atoms with E-state index in [0.717, 1.165) is 0 Å². The second-order valence-electron chi connectivity index (χ2n) is 3.54. The van der Waals surface area contributed by atoms with E-state index in [0.29, 0.717) is 16.4 Å². The molecule has 0 bridgehead atoms. The smallest absolute Gasteiger partial charge is 0.186 e. The van der Waals surface area contributed by atoms with E-state index in [9.17, 15) is 9.32 Å². The Bertz CT molecular complexity index is 583.